The molecule has 2 fully saturated rings. The minimum absolute atomic E-state index is 0.130. The number of hydrogen-bond donors (Lipinski definition) is 7. The van der Waals surface area contributed by atoms with Gasteiger partial charge in [0.1, 0.15) is 55.4 Å². The van der Waals surface area contributed by atoms with Crippen molar-refractivity contribution in [1.82, 2.24) is 5.32 Å². The molecule has 0 bridgehead atoms. The van der Waals surface area contributed by atoms with Gasteiger partial charge in [-0.2, -0.15) is 0 Å². The monoisotopic (exact) mass is 453 g/mol. The van der Waals surface area contributed by atoms with Crippen LogP contribution in [0.1, 0.15) is 6.92 Å². The van der Waals surface area contributed by atoms with Gasteiger partial charge >= 0.3 is 6.09 Å². The topological polar surface area (TPSA) is 197 Å². The number of aliphatic hydroxyl groups is 6. The summed E-state index contributed by atoms with van der Waals surface area (Å²) in [5, 5.41) is 62.8. The van der Waals surface area contributed by atoms with Crippen LogP contribution >= 0.6 is 0 Å². The number of alkyl carbamates (subject to hydrolysis) is 1. The highest BCUT2D eigenvalue weighted by molar-refractivity contribution is 5.67. The molecule has 13 nitrogen and oxygen atoms in total. The molecular formula is C18H31NO12. The van der Waals surface area contributed by atoms with E-state index in [-0.39, 0.29) is 13.2 Å². The second-order valence-electron chi connectivity index (χ2n) is 7.03. The first-order chi connectivity index (χ1) is 14.8. The van der Waals surface area contributed by atoms with Crippen LogP contribution < -0.4 is 5.32 Å². The Labute approximate surface area is 178 Å². The molecule has 0 unspecified atom stereocenters. The molecule has 0 aliphatic carbocycles. The number of aliphatic hydroxyl groups excluding tert-OH is 6. The molecule has 31 heavy (non-hydrogen) atoms. The summed E-state index contributed by atoms with van der Waals surface area (Å²) in [5.74, 6) is 0. The van der Waals surface area contributed by atoms with E-state index in [1.807, 2.05) is 0 Å². The largest absolute Gasteiger partial charge is 0.445 e. The summed E-state index contributed by atoms with van der Waals surface area (Å²) in [6.45, 7) is 3.77. The van der Waals surface area contributed by atoms with E-state index in [2.05, 4.69) is 11.9 Å². The van der Waals surface area contributed by atoms with Crippen molar-refractivity contribution in [3.05, 3.63) is 12.7 Å². The average Bonchev–Trinajstić information content (AvgIpc) is 2.76. The van der Waals surface area contributed by atoms with Crippen LogP contribution in [0.4, 0.5) is 4.79 Å². The van der Waals surface area contributed by atoms with Gasteiger partial charge in [0.05, 0.1) is 13.2 Å². The van der Waals surface area contributed by atoms with Crippen LogP contribution in [0.2, 0.25) is 0 Å². The maximum Gasteiger partial charge on any atom is 0.407 e. The molecule has 0 spiro atoms. The summed E-state index contributed by atoms with van der Waals surface area (Å²) in [4.78, 5) is 12.0. The lowest BCUT2D eigenvalue weighted by atomic mass is 9.95. The summed E-state index contributed by atoms with van der Waals surface area (Å²) in [5.41, 5.74) is 0. The molecule has 0 aromatic carbocycles. The fourth-order valence-electron chi connectivity index (χ4n) is 3.34. The zero-order valence-corrected chi connectivity index (χ0v) is 17.0. The standard InChI is InChI=1S/C18H31NO12/c1-3-5-28-18(26)19-10-13(24)11(22)8(6-20)29-16(10)31-15-12(23)9(7-21)30-17(14(15)25)27-4-2/h3,8-17,20-25H,1,4-7H2,2H3,(H,19,26)/t8-,9-,10-,11-,12+,13-,14-,15+,16+,17-/m1/s1. The Kier molecular flexibility index (Phi) is 10.0. The lowest BCUT2D eigenvalue weighted by Gasteiger charge is -2.46. The molecule has 2 aliphatic rings. The molecule has 2 heterocycles. The maximum absolute atomic E-state index is 12.0. The first kappa shape index (κ1) is 25.9. The third kappa shape index (κ3) is 6.10. The third-order valence-electron chi connectivity index (χ3n) is 4.94. The quantitative estimate of drug-likeness (QED) is 0.171. The van der Waals surface area contributed by atoms with Crippen molar-refractivity contribution in [3.63, 3.8) is 0 Å². The second kappa shape index (κ2) is 12.0. The van der Waals surface area contributed by atoms with Crippen LogP contribution in [0.25, 0.3) is 0 Å². The Morgan fingerprint density at radius 3 is 2.19 bits per heavy atom. The molecule has 2 saturated heterocycles. The number of amides is 1. The molecule has 0 aromatic rings. The van der Waals surface area contributed by atoms with Gasteiger partial charge in [-0.25, -0.2) is 4.79 Å². The van der Waals surface area contributed by atoms with E-state index in [9.17, 15) is 35.4 Å². The molecular weight excluding hydrogens is 422 g/mol. The number of carbonyl (C=O) groups is 1. The van der Waals surface area contributed by atoms with Crippen molar-refractivity contribution in [2.24, 2.45) is 0 Å². The number of carbonyl (C=O) groups excluding carboxylic acids is 1. The van der Waals surface area contributed by atoms with E-state index >= 15 is 0 Å². The van der Waals surface area contributed by atoms with Crippen molar-refractivity contribution in [2.45, 2.75) is 68.3 Å². The Morgan fingerprint density at radius 2 is 1.61 bits per heavy atom. The fourth-order valence-corrected chi connectivity index (χ4v) is 3.34. The van der Waals surface area contributed by atoms with Crippen LogP contribution in [0, 0.1) is 0 Å². The summed E-state index contributed by atoms with van der Waals surface area (Å²) < 4.78 is 26.5. The lowest BCUT2D eigenvalue weighted by molar-refractivity contribution is -0.347. The summed E-state index contributed by atoms with van der Waals surface area (Å²) in [7, 11) is 0. The predicted molar refractivity (Wildman–Crippen MR) is 100 cm³/mol. The van der Waals surface area contributed by atoms with Crippen LogP contribution in [0.3, 0.4) is 0 Å². The Bertz CT molecular complexity index is 580. The van der Waals surface area contributed by atoms with Crippen molar-refractivity contribution in [2.75, 3.05) is 26.4 Å². The highest BCUT2D eigenvalue weighted by Gasteiger charge is 2.51. The molecule has 0 radical (unpaired) electrons. The van der Waals surface area contributed by atoms with Crippen LogP contribution in [0.5, 0.6) is 0 Å². The van der Waals surface area contributed by atoms with E-state index < -0.39 is 80.7 Å². The molecule has 0 aromatic heterocycles. The van der Waals surface area contributed by atoms with Gasteiger partial charge in [-0.1, -0.05) is 12.7 Å². The minimum atomic E-state index is -1.65. The van der Waals surface area contributed by atoms with Gasteiger partial charge in [0, 0.05) is 6.61 Å². The second-order valence-corrected chi connectivity index (χ2v) is 7.03. The Morgan fingerprint density at radius 1 is 1.00 bits per heavy atom. The smallest absolute Gasteiger partial charge is 0.407 e. The number of rotatable bonds is 9. The number of hydrogen-bond acceptors (Lipinski definition) is 12. The average molecular weight is 453 g/mol. The number of nitrogens with one attached hydrogen (secondary N) is 1. The first-order valence-corrected chi connectivity index (χ1v) is 9.85. The lowest BCUT2D eigenvalue weighted by Crippen LogP contribution is -2.68. The molecule has 2 rings (SSSR count). The van der Waals surface area contributed by atoms with Crippen LogP contribution in [-0.4, -0.2) is 125 Å². The van der Waals surface area contributed by atoms with Gasteiger partial charge in [-0.05, 0) is 6.92 Å². The van der Waals surface area contributed by atoms with E-state index in [1.54, 1.807) is 6.92 Å². The van der Waals surface area contributed by atoms with Gasteiger partial charge in [0.15, 0.2) is 12.6 Å². The zero-order valence-electron chi connectivity index (χ0n) is 17.0. The Balaban J connectivity index is 2.24. The van der Waals surface area contributed by atoms with Crippen LogP contribution in [-0.2, 0) is 23.7 Å². The zero-order chi connectivity index (χ0) is 23.1. The van der Waals surface area contributed by atoms with E-state index in [0.717, 1.165) is 0 Å². The van der Waals surface area contributed by atoms with Crippen molar-refractivity contribution in [1.29, 1.82) is 0 Å². The third-order valence-corrected chi connectivity index (χ3v) is 4.94. The maximum atomic E-state index is 12.0. The highest BCUT2D eigenvalue weighted by Crippen LogP contribution is 2.29. The molecule has 7 N–H and O–H groups in total. The Hall–Kier alpha value is -1.39. The van der Waals surface area contributed by atoms with Gasteiger partial charge < -0.3 is 59.6 Å². The highest BCUT2D eigenvalue weighted by atomic mass is 16.7. The van der Waals surface area contributed by atoms with Gasteiger partial charge in [0.25, 0.3) is 0 Å². The van der Waals surface area contributed by atoms with Crippen molar-refractivity contribution in [3.8, 4) is 0 Å². The van der Waals surface area contributed by atoms with Crippen molar-refractivity contribution >= 4 is 6.09 Å². The molecule has 2 aliphatic heterocycles. The molecule has 1 amide bonds. The van der Waals surface area contributed by atoms with Gasteiger partial charge in [-0.15, -0.1) is 0 Å². The molecule has 10 atom stereocenters. The minimum Gasteiger partial charge on any atom is -0.445 e. The van der Waals surface area contributed by atoms with E-state index in [1.165, 1.54) is 6.08 Å². The normalized spacial score (nSPS) is 40.9. The predicted octanol–water partition coefficient (Wildman–Crippen LogP) is -3.43. The van der Waals surface area contributed by atoms with E-state index in [0.29, 0.717) is 0 Å². The fraction of sp³-hybridized carbons (Fsp3) is 0.833. The summed E-state index contributed by atoms with van der Waals surface area (Å²) in [6.07, 6.45) is -12.7. The van der Waals surface area contributed by atoms with Gasteiger partial charge in [-0.3, -0.25) is 0 Å². The molecule has 0 saturated carbocycles. The summed E-state index contributed by atoms with van der Waals surface area (Å²) >= 11 is 0. The summed E-state index contributed by atoms with van der Waals surface area (Å²) in [6, 6.07) is -1.41. The van der Waals surface area contributed by atoms with Crippen molar-refractivity contribution < 1.29 is 59.1 Å². The molecule has 13 heteroatoms. The first-order valence-electron chi connectivity index (χ1n) is 9.85. The van der Waals surface area contributed by atoms with Crippen LogP contribution in [0.15, 0.2) is 12.7 Å². The van der Waals surface area contributed by atoms with Gasteiger partial charge in [0.2, 0.25) is 0 Å². The molecule has 180 valence electrons. The number of ether oxygens (including phenoxy) is 5. The SMILES string of the molecule is C=CCOC(=O)N[C@H]1[C@H](O[C@H]2[C@@H](O)[C@@H](CO)O[C@@H](OCC)[C@@H]2O)O[C@H](CO)[C@@H](O)[C@@H]1O. The van der Waals surface area contributed by atoms with E-state index in [4.69, 9.17) is 23.7 Å².